The number of anilines is 1. The van der Waals surface area contributed by atoms with Gasteiger partial charge >= 0.3 is 0 Å². The highest BCUT2D eigenvalue weighted by Gasteiger charge is 2.24. The van der Waals surface area contributed by atoms with Crippen molar-refractivity contribution in [2.75, 3.05) is 5.32 Å². The average molecular weight is 283 g/mol. The van der Waals surface area contributed by atoms with Crippen LogP contribution in [-0.2, 0) is 4.79 Å². The van der Waals surface area contributed by atoms with Crippen molar-refractivity contribution in [3.8, 4) is 6.07 Å². The molecule has 4 nitrogen and oxygen atoms in total. The maximum absolute atomic E-state index is 11.5. The number of carbonyl (C=O) groups is 1. The Balaban J connectivity index is 2.92. The van der Waals surface area contributed by atoms with Crippen LogP contribution in [0.15, 0.2) is 22.7 Å². The van der Waals surface area contributed by atoms with Gasteiger partial charge in [-0.05, 0) is 48.0 Å². The maximum Gasteiger partial charge on any atom is 0.255 e. The zero-order chi connectivity index (χ0) is 12.3. The van der Waals surface area contributed by atoms with E-state index in [4.69, 9.17) is 5.26 Å². The molecule has 0 saturated carbocycles. The second kappa shape index (κ2) is 4.64. The molecule has 0 bridgehead atoms. The summed E-state index contributed by atoms with van der Waals surface area (Å²) in [7, 11) is 0. The summed E-state index contributed by atoms with van der Waals surface area (Å²) in [5.41, 5.74) is -0.424. The Morgan fingerprint density at radius 2 is 2.19 bits per heavy atom. The first-order valence-corrected chi connectivity index (χ1v) is 5.37. The molecule has 84 valence electrons. The third-order valence-corrected chi connectivity index (χ3v) is 2.56. The van der Waals surface area contributed by atoms with Crippen LogP contribution >= 0.6 is 15.9 Å². The van der Waals surface area contributed by atoms with Gasteiger partial charge in [0.05, 0.1) is 17.3 Å². The molecule has 1 aromatic carbocycles. The van der Waals surface area contributed by atoms with E-state index in [1.54, 1.807) is 18.2 Å². The van der Waals surface area contributed by atoms with Crippen molar-refractivity contribution in [3.05, 3.63) is 28.2 Å². The van der Waals surface area contributed by atoms with Gasteiger partial charge in [-0.15, -0.1) is 0 Å². The van der Waals surface area contributed by atoms with Crippen LogP contribution in [0.25, 0.3) is 0 Å². The van der Waals surface area contributed by atoms with Crippen molar-refractivity contribution in [2.45, 2.75) is 19.4 Å². The van der Waals surface area contributed by atoms with Crippen molar-refractivity contribution in [1.82, 2.24) is 0 Å². The molecule has 0 radical (unpaired) electrons. The Bertz CT molecular complexity index is 458. The third-order valence-electron chi connectivity index (χ3n) is 1.90. The first-order valence-electron chi connectivity index (χ1n) is 4.58. The van der Waals surface area contributed by atoms with Crippen molar-refractivity contribution in [3.63, 3.8) is 0 Å². The molecule has 1 rings (SSSR count). The molecule has 0 spiro atoms. The zero-order valence-electron chi connectivity index (χ0n) is 8.91. The monoisotopic (exact) mass is 282 g/mol. The third kappa shape index (κ3) is 3.05. The molecular weight excluding hydrogens is 272 g/mol. The second-order valence-electron chi connectivity index (χ2n) is 3.82. The molecule has 0 aromatic heterocycles. The predicted octanol–water partition coefficient (Wildman–Crippen LogP) is 2.03. The largest absolute Gasteiger partial charge is 0.381 e. The fourth-order valence-electron chi connectivity index (χ4n) is 0.961. The fourth-order valence-corrected chi connectivity index (χ4v) is 1.44. The van der Waals surface area contributed by atoms with Crippen molar-refractivity contribution in [2.24, 2.45) is 0 Å². The van der Waals surface area contributed by atoms with E-state index in [-0.39, 0.29) is 0 Å². The minimum atomic E-state index is -1.44. The number of hydrogen-bond donors (Lipinski definition) is 2. The standard InChI is InChI=1S/C11H11BrN2O2/c1-11(2,16)10(15)14-9-4-3-7(6-13)5-8(9)12/h3-5,16H,1-2H3,(H,14,15). The van der Waals surface area contributed by atoms with E-state index in [0.29, 0.717) is 15.7 Å². The molecular formula is C11H11BrN2O2. The highest BCUT2D eigenvalue weighted by Crippen LogP contribution is 2.24. The molecule has 0 heterocycles. The van der Waals surface area contributed by atoms with Crippen LogP contribution in [0.5, 0.6) is 0 Å². The van der Waals surface area contributed by atoms with E-state index in [0.717, 1.165) is 0 Å². The predicted molar refractivity (Wildman–Crippen MR) is 63.8 cm³/mol. The van der Waals surface area contributed by atoms with Crippen molar-refractivity contribution < 1.29 is 9.90 Å². The lowest BCUT2D eigenvalue weighted by molar-refractivity contribution is -0.130. The smallest absolute Gasteiger partial charge is 0.255 e. The minimum Gasteiger partial charge on any atom is -0.381 e. The number of benzene rings is 1. The highest BCUT2D eigenvalue weighted by atomic mass is 79.9. The lowest BCUT2D eigenvalue weighted by atomic mass is 10.1. The van der Waals surface area contributed by atoms with Crippen LogP contribution in [-0.4, -0.2) is 16.6 Å². The number of aliphatic hydroxyl groups is 1. The molecule has 5 heteroatoms. The number of nitriles is 1. The Kier molecular flexibility index (Phi) is 3.68. The summed E-state index contributed by atoms with van der Waals surface area (Å²) in [6, 6.07) is 6.78. The highest BCUT2D eigenvalue weighted by molar-refractivity contribution is 9.10. The topological polar surface area (TPSA) is 73.1 Å². The molecule has 16 heavy (non-hydrogen) atoms. The van der Waals surface area contributed by atoms with Gasteiger partial charge in [-0.3, -0.25) is 4.79 Å². The molecule has 0 unspecified atom stereocenters. The maximum atomic E-state index is 11.5. The molecule has 1 aromatic rings. The van der Waals surface area contributed by atoms with Gasteiger partial charge in [0, 0.05) is 4.47 Å². The first-order chi connectivity index (χ1) is 7.34. The quantitative estimate of drug-likeness (QED) is 0.872. The number of hydrogen-bond acceptors (Lipinski definition) is 3. The Hall–Kier alpha value is -1.38. The summed E-state index contributed by atoms with van der Waals surface area (Å²) in [4.78, 5) is 11.5. The Morgan fingerprint density at radius 3 is 2.62 bits per heavy atom. The molecule has 0 fully saturated rings. The molecule has 0 aliphatic rings. The van der Waals surface area contributed by atoms with Gasteiger partial charge in [-0.2, -0.15) is 5.26 Å². The molecule has 0 aliphatic heterocycles. The van der Waals surface area contributed by atoms with Crippen LogP contribution in [0, 0.1) is 11.3 Å². The molecule has 1 amide bonds. The van der Waals surface area contributed by atoms with E-state index in [1.807, 2.05) is 6.07 Å². The summed E-state index contributed by atoms with van der Waals surface area (Å²) < 4.78 is 0.601. The van der Waals surface area contributed by atoms with E-state index >= 15 is 0 Å². The lowest BCUT2D eigenvalue weighted by Gasteiger charge is -2.17. The number of halogens is 1. The van der Waals surface area contributed by atoms with E-state index in [9.17, 15) is 9.90 Å². The van der Waals surface area contributed by atoms with Gasteiger partial charge in [-0.1, -0.05) is 0 Å². The van der Waals surface area contributed by atoms with Gasteiger partial charge in [0.15, 0.2) is 0 Å². The lowest BCUT2D eigenvalue weighted by Crippen LogP contribution is -2.36. The summed E-state index contributed by atoms with van der Waals surface area (Å²) in [6.07, 6.45) is 0. The summed E-state index contributed by atoms with van der Waals surface area (Å²) >= 11 is 3.24. The van der Waals surface area contributed by atoms with E-state index in [1.165, 1.54) is 13.8 Å². The Labute approximate surface area is 102 Å². The van der Waals surface area contributed by atoms with E-state index < -0.39 is 11.5 Å². The first kappa shape index (κ1) is 12.7. The van der Waals surface area contributed by atoms with Crippen LogP contribution < -0.4 is 5.32 Å². The van der Waals surface area contributed by atoms with Gasteiger partial charge in [0.25, 0.3) is 5.91 Å². The van der Waals surface area contributed by atoms with Gasteiger partial charge in [-0.25, -0.2) is 0 Å². The van der Waals surface area contributed by atoms with Crippen LogP contribution in [0.1, 0.15) is 19.4 Å². The molecule has 0 saturated heterocycles. The normalized spacial score (nSPS) is 10.7. The van der Waals surface area contributed by atoms with Crippen molar-refractivity contribution >= 4 is 27.5 Å². The van der Waals surface area contributed by atoms with Crippen molar-refractivity contribution in [1.29, 1.82) is 5.26 Å². The van der Waals surface area contributed by atoms with Crippen LogP contribution in [0.3, 0.4) is 0 Å². The average Bonchev–Trinajstić information content (AvgIpc) is 2.19. The fraction of sp³-hybridized carbons (Fsp3) is 0.273. The SMILES string of the molecule is CC(C)(O)C(=O)Nc1ccc(C#N)cc1Br. The zero-order valence-corrected chi connectivity index (χ0v) is 10.5. The molecule has 2 N–H and O–H groups in total. The summed E-state index contributed by atoms with van der Waals surface area (Å²) in [5, 5.41) is 20.7. The Morgan fingerprint density at radius 1 is 1.56 bits per heavy atom. The van der Waals surface area contributed by atoms with E-state index in [2.05, 4.69) is 21.2 Å². The van der Waals surface area contributed by atoms with Gasteiger partial charge < -0.3 is 10.4 Å². The number of amides is 1. The number of rotatable bonds is 2. The summed E-state index contributed by atoms with van der Waals surface area (Å²) in [5.74, 6) is -0.502. The van der Waals surface area contributed by atoms with Gasteiger partial charge in [0.2, 0.25) is 0 Å². The second-order valence-corrected chi connectivity index (χ2v) is 4.67. The van der Waals surface area contributed by atoms with Crippen LogP contribution in [0.4, 0.5) is 5.69 Å². The minimum absolute atomic E-state index is 0.494. The van der Waals surface area contributed by atoms with Gasteiger partial charge in [0.1, 0.15) is 5.60 Å². The number of carbonyl (C=O) groups excluding carboxylic acids is 1. The molecule has 0 aliphatic carbocycles. The summed E-state index contributed by atoms with van der Waals surface area (Å²) in [6.45, 7) is 2.81. The number of nitrogens with one attached hydrogen (secondary N) is 1. The number of nitrogens with zero attached hydrogens (tertiary/aromatic N) is 1. The molecule has 0 atom stereocenters. The van der Waals surface area contributed by atoms with Crippen LogP contribution in [0.2, 0.25) is 0 Å².